The first-order valence-electron chi connectivity index (χ1n) is 11.8. The predicted molar refractivity (Wildman–Crippen MR) is 136 cm³/mol. The molecule has 1 aliphatic heterocycles. The summed E-state index contributed by atoms with van der Waals surface area (Å²) in [7, 11) is -3.48. The standard InChI is InChI=1S/C25H26FN7O3S/c1-16(19-6-3-4-7-20(19)30-37(2,35)36)27-25(34)24-22(29-33-13-5-8-23(24)33)15-32-14-21(28-31-32)17-9-11-18(26)12-10-17/h3-4,6-7,9-12,14,16,30H,5,8,13,15H2,1-2H3,(H,27,34). The number of carbonyl (C=O) groups is 1. The van der Waals surface area contributed by atoms with Crippen LogP contribution in [0.3, 0.4) is 0 Å². The summed E-state index contributed by atoms with van der Waals surface area (Å²) in [6, 6.07) is 12.5. The van der Waals surface area contributed by atoms with Gasteiger partial charge in [0.05, 0.1) is 47.7 Å². The molecule has 0 saturated carbocycles. The number of aromatic nitrogens is 5. The first-order chi connectivity index (χ1) is 17.7. The molecule has 0 aliphatic carbocycles. The average Bonchev–Trinajstić information content (AvgIpc) is 3.55. The highest BCUT2D eigenvalue weighted by Gasteiger charge is 2.28. The summed E-state index contributed by atoms with van der Waals surface area (Å²) < 4.78 is 42.8. The van der Waals surface area contributed by atoms with Crippen LogP contribution in [0.25, 0.3) is 11.3 Å². The number of carbonyl (C=O) groups excluding carboxylic acids is 1. The van der Waals surface area contributed by atoms with Crippen molar-refractivity contribution >= 4 is 21.6 Å². The maximum Gasteiger partial charge on any atom is 0.255 e. The third-order valence-corrected chi connectivity index (χ3v) is 6.79. The average molecular weight is 524 g/mol. The number of para-hydroxylation sites is 1. The van der Waals surface area contributed by atoms with E-state index < -0.39 is 16.1 Å². The number of amides is 1. The van der Waals surface area contributed by atoms with Gasteiger partial charge < -0.3 is 5.32 Å². The molecule has 0 radical (unpaired) electrons. The number of fused-ring (bicyclic) bond motifs is 1. The number of aryl methyl sites for hydroxylation is 1. The molecule has 0 fully saturated rings. The zero-order chi connectivity index (χ0) is 26.2. The first kappa shape index (κ1) is 24.6. The van der Waals surface area contributed by atoms with Gasteiger partial charge in [-0.15, -0.1) is 5.10 Å². The van der Waals surface area contributed by atoms with E-state index in [-0.39, 0.29) is 18.3 Å². The molecule has 1 atom stereocenters. The van der Waals surface area contributed by atoms with E-state index >= 15 is 0 Å². The van der Waals surface area contributed by atoms with Crippen molar-refractivity contribution < 1.29 is 17.6 Å². The Hall–Kier alpha value is -4.06. The van der Waals surface area contributed by atoms with Gasteiger partial charge in [-0.25, -0.2) is 17.5 Å². The Morgan fingerprint density at radius 1 is 1.16 bits per heavy atom. The van der Waals surface area contributed by atoms with E-state index in [1.54, 1.807) is 54.2 Å². The number of benzene rings is 2. The maximum atomic E-state index is 13.5. The lowest BCUT2D eigenvalue weighted by Gasteiger charge is -2.19. The Bertz CT molecular complexity index is 1560. The topological polar surface area (TPSA) is 124 Å². The molecule has 1 aliphatic rings. The third-order valence-electron chi connectivity index (χ3n) is 6.20. The van der Waals surface area contributed by atoms with Crippen LogP contribution in [0.4, 0.5) is 10.1 Å². The normalized spacial score (nSPS) is 13.8. The largest absolute Gasteiger partial charge is 0.345 e. The van der Waals surface area contributed by atoms with Crippen LogP contribution in [0, 0.1) is 5.82 Å². The smallest absolute Gasteiger partial charge is 0.255 e. The van der Waals surface area contributed by atoms with Gasteiger partial charge in [0.1, 0.15) is 11.5 Å². The fourth-order valence-corrected chi connectivity index (χ4v) is 5.14. The zero-order valence-electron chi connectivity index (χ0n) is 20.3. The summed E-state index contributed by atoms with van der Waals surface area (Å²) in [4.78, 5) is 13.5. The quantitative estimate of drug-likeness (QED) is 0.366. The third kappa shape index (κ3) is 5.38. The van der Waals surface area contributed by atoms with E-state index in [0.717, 1.165) is 36.9 Å². The predicted octanol–water partition coefficient (Wildman–Crippen LogP) is 3.14. The van der Waals surface area contributed by atoms with Crippen molar-refractivity contribution in [1.29, 1.82) is 0 Å². The zero-order valence-corrected chi connectivity index (χ0v) is 21.2. The van der Waals surface area contributed by atoms with Crippen LogP contribution < -0.4 is 10.0 Å². The van der Waals surface area contributed by atoms with E-state index in [2.05, 4.69) is 25.4 Å². The molecule has 37 heavy (non-hydrogen) atoms. The van der Waals surface area contributed by atoms with Crippen molar-refractivity contribution in [1.82, 2.24) is 30.1 Å². The number of rotatable bonds is 8. The van der Waals surface area contributed by atoms with Crippen molar-refractivity contribution in [2.24, 2.45) is 0 Å². The van der Waals surface area contributed by atoms with Gasteiger partial charge in [-0.3, -0.25) is 14.2 Å². The molecular formula is C25H26FN7O3S. The van der Waals surface area contributed by atoms with Crippen LogP contribution in [0.2, 0.25) is 0 Å². The number of hydrogen-bond donors (Lipinski definition) is 2. The van der Waals surface area contributed by atoms with E-state index in [1.807, 2.05) is 4.68 Å². The summed E-state index contributed by atoms with van der Waals surface area (Å²) in [5, 5.41) is 16.0. The van der Waals surface area contributed by atoms with Crippen molar-refractivity contribution in [2.75, 3.05) is 11.0 Å². The Morgan fingerprint density at radius 2 is 1.92 bits per heavy atom. The minimum atomic E-state index is -3.48. The highest BCUT2D eigenvalue weighted by Crippen LogP contribution is 2.27. The van der Waals surface area contributed by atoms with Gasteiger partial charge in [0, 0.05) is 12.1 Å². The van der Waals surface area contributed by atoms with Crippen molar-refractivity contribution in [2.45, 2.75) is 38.9 Å². The lowest BCUT2D eigenvalue weighted by Crippen LogP contribution is -2.29. The fourth-order valence-electron chi connectivity index (χ4n) is 4.56. The monoisotopic (exact) mass is 523 g/mol. The molecule has 2 aromatic heterocycles. The van der Waals surface area contributed by atoms with Crippen molar-refractivity contribution in [3.8, 4) is 11.3 Å². The van der Waals surface area contributed by atoms with Crippen LogP contribution in [0.5, 0.6) is 0 Å². The Labute approximate surface area is 213 Å². The molecule has 2 aromatic carbocycles. The van der Waals surface area contributed by atoms with Crippen LogP contribution in [-0.2, 0) is 29.5 Å². The number of nitrogens with zero attached hydrogens (tertiary/aromatic N) is 5. The van der Waals surface area contributed by atoms with Gasteiger partial charge in [0.15, 0.2) is 0 Å². The Kier molecular flexibility index (Phi) is 6.50. The van der Waals surface area contributed by atoms with Crippen molar-refractivity contribution in [3.05, 3.63) is 83.1 Å². The van der Waals surface area contributed by atoms with E-state index in [0.29, 0.717) is 28.2 Å². The van der Waals surface area contributed by atoms with Crippen LogP contribution >= 0.6 is 0 Å². The summed E-state index contributed by atoms with van der Waals surface area (Å²) in [6.45, 7) is 2.76. The van der Waals surface area contributed by atoms with Gasteiger partial charge >= 0.3 is 0 Å². The molecule has 3 heterocycles. The molecule has 192 valence electrons. The SMILES string of the molecule is CC(NC(=O)c1c(Cn2cc(-c3ccc(F)cc3)nn2)nn2c1CCC2)c1ccccc1NS(C)(=O)=O. The Morgan fingerprint density at radius 3 is 2.68 bits per heavy atom. The van der Waals surface area contributed by atoms with Crippen LogP contribution in [-0.4, -0.2) is 45.4 Å². The number of anilines is 1. The van der Waals surface area contributed by atoms with Gasteiger partial charge in [0.2, 0.25) is 10.0 Å². The molecule has 1 amide bonds. The van der Waals surface area contributed by atoms with Gasteiger partial charge in [0.25, 0.3) is 5.91 Å². The molecule has 5 rings (SSSR count). The highest BCUT2D eigenvalue weighted by atomic mass is 32.2. The first-order valence-corrected chi connectivity index (χ1v) is 13.7. The summed E-state index contributed by atoms with van der Waals surface area (Å²) in [5.74, 6) is -0.623. The van der Waals surface area contributed by atoms with Crippen molar-refractivity contribution in [3.63, 3.8) is 0 Å². The fraction of sp³-hybridized carbons (Fsp3) is 0.280. The number of hydrogen-bond acceptors (Lipinski definition) is 6. The molecule has 0 saturated heterocycles. The lowest BCUT2D eigenvalue weighted by atomic mass is 10.0. The molecule has 0 bridgehead atoms. The molecule has 4 aromatic rings. The van der Waals surface area contributed by atoms with E-state index in [4.69, 9.17) is 0 Å². The number of halogens is 1. The summed E-state index contributed by atoms with van der Waals surface area (Å²) >= 11 is 0. The van der Waals surface area contributed by atoms with Crippen LogP contribution in [0.15, 0.2) is 54.7 Å². The van der Waals surface area contributed by atoms with Gasteiger partial charge in [-0.05, 0) is 55.7 Å². The minimum absolute atomic E-state index is 0.234. The molecule has 1 unspecified atom stereocenters. The summed E-state index contributed by atoms with van der Waals surface area (Å²) in [6.07, 6.45) is 4.45. The second-order valence-corrected chi connectivity index (χ2v) is 10.8. The maximum absolute atomic E-state index is 13.5. The van der Waals surface area contributed by atoms with Gasteiger partial charge in [-0.1, -0.05) is 23.4 Å². The molecule has 12 heteroatoms. The number of nitrogens with one attached hydrogen (secondary N) is 2. The second-order valence-electron chi connectivity index (χ2n) is 9.06. The second kappa shape index (κ2) is 9.77. The molecule has 10 nitrogen and oxygen atoms in total. The van der Waals surface area contributed by atoms with Crippen LogP contribution in [0.1, 0.15) is 46.7 Å². The van der Waals surface area contributed by atoms with E-state index in [1.165, 1.54) is 12.1 Å². The highest BCUT2D eigenvalue weighted by molar-refractivity contribution is 7.92. The molecule has 0 spiro atoms. The summed E-state index contributed by atoms with van der Waals surface area (Å²) in [5.41, 5.74) is 4.30. The number of sulfonamides is 1. The lowest BCUT2D eigenvalue weighted by molar-refractivity contribution is 0.0938. The molecule has 2 N–H and O–H groups in total. The van der Waals surface area contributed by atoms with E-state index in [9.17, 15) is 17.6 Å². The minimum Gasteiger partial charge on any atom is -0.345 e. The Balaban J connectivity index is 1.39. The molecular weight excluding hydrogens is 497 g/mol. The van der Waals surface area contributed by atoms with Gasteiger partial charge in [-0.2, -0.15) is 5.10 Å².